The minimum atomic E-state index is -0.713. The van der Waals surface area contributed by atoms with Gasteiger partial charge in [-0.2, -0.15) is 0 Å². The Kier molecular flexibility index (Phi) is 13.2. The molecule has 0 saturated carbocycles. The van der Waals surface area contributed by atoms with Crippen LogP contribution in [0.5, 0.6) is 11.5 Å². The van der Waals surface area contributed by atoms with Gasteiger partial charge in [0, 0.05) is 0 Å². The Labute approximate surface area is 272 Å². The molecule has 5 rings (SSSR count). The Morgan fingerprint density at radius 3 is 1.63 bits per heavy atom. The van der Waals surface area contributed by atoms with Crippen molar-refractivity contribution in [3.05, 3.63) is 145 Å². The van der Waals surface area contributed by atoms with E-state index in [1.165, 1.54) is 0 Å². The van der Waals surface area contributed by atoms with Crippen molar-refractivity contribution in [3.63, 3.8) is 0 Å². The van der Waals surface area contributed by atoms with Gasteiger partial charge in [0.15, 0.2) is 6.29 Å². The van der Waals surface area contributed by atoms with E-state index in [1.807, 2.05) is 121 Å². The molecule has 0 N–H and O–H groups in total. The van der Waals surface area contributed by atoms with Crippen molar-refractivity contribution < 1.29 is 33.2 Å². The lowest BCUT2D eigenvalue weighted by atomic mass is 9.97. The van der Waals surface area contributed by atoms with Crippen LogP contribution < -0.4 is 9.47 Å². The lowest BCUT2D eigenvalue weighted by Gasteiger charge is -2.45. The van der Waals surface area contributed by atoms with Crippen LogP contribution in [0.3, 0.4) is 0 Å². The summed E-state index contributed by atoms with van der Waals surface area (Å²) in [5.41, 5.74) is 3.14. The van der Waals surface area contributed by atoms with Gasteiger partial charge < -0.3 is 33.2 Å². The minimum absolute atomic E-state index is 0.217. The number of allylic oxidation sites excluding steroid dienone is 1. The minimum Gasteiger partial charge on any atom is -0.497 e. The number of rotatable bonds is 18. The zero-order chi connectivity index (χ0) is 31.8. The normalized spacial score (nSPS) is 21.0. The molecule has 1 saturated heterocycles. The second-order valence-electron chi connectivity index (χ2n) is 11.1. The number of benzene rings is 4. The second-order valence-corrected chi connectivity index (χ2v) is 11.1. The fourth-order valence-electron chi connectivity index (χ4n) is 5.29. The largest absolute Gasteiger partial charge is 0.497 e. The maximum absolute atomic E-state index is 6.74. The average molecular weight is 625 g/mol. The molecule has 0 radical (unpaired) electrons. The molecule has 7 nitrogen and oxygen atoms in total. The Balaban J connectivity index is 1.44. The summed E-state index contributed by atoms with van der Waals surface area (Å²) in [6.45, 7) is 5.65. The van der Waals surface area contributed by atoms with Gasteiger partial charge in [-0.3, -0.25) is 0 Å². The van der Waals surface area contributed by atoms with E-state index in [1.54, 1.807) is 7.11 Å². The molecule has 0 amide bonds. The van der Waals surface area contributed by atoms with E-state index in [9.17, 15) is 0 Å². The van der Waals surface area contributed by atoms with Gasteiger partial charge in [-0.1, -0.05) is 97.1 Å². The van der Waals surface area contributed by atoms with Gasteiger partial charge in [-0.05, 0) is 53.8 Å². The summed E-state index contributed by atoms with van der Waals surface area (Å²) in [5, 5.41) is 0. The molecule has 4 aromatic carbocycles. The van der Waals surface area contributed by atoms with Crippen LogP contribution in [0.25, 0.3) is 0 Å². The van der Waals surface area contributed by atoms with E-state index in [0.29, 0.717) is 32.2 Å². The Morgan fingerprint density at radius 1 is 0.609 bits per heavy atom. The van der Waals surface area contributed by atoms with Gasteiger partial charge in [0.05, 0.1) is 33.5 Å². The highest BCUT2D eigenvalue weighted by Gasteiger charge is 2.49. The van der Waals surface area contributed by atoms with Crippen LogP contribution in [0.4, 0.5) is 0 Å². The number of hydrogen-bond donors (Lipinski definition) is 0. The number of unbranched alkanes of at least 4 members (excludes halogenated alkanes) is 1. The number of methoxy groups -OCH3 is 1. The van der Waals surface area contributed by atoms with Gasteiger partial charge in [0.2, 0.25) is 0 Å². The van der Waals surface area contributed by atoms with E-state index in [0.717, 1.165) is 35.3 Å². The zero-order valence-corrected chi connectivity index (χ0v) is 26.4. The van der Waals surface area contributed by atoms with Gasteiger partial charge in [0.25, 0.3) is 0 Å². The summed E-state index contributed by atoms with van der Waals surface area (Å²) < 4.78 is 44.7. The van der Waals surface area contributed by atoms with Crippen molar-refractivity contribution in [1.82, 2.24) is 0 Å². The molecule has 1 aliphatic heterocycles. The molecule has 242 valence electrons. The van der Waals surface area contributed by atoms with Crippen LogP contribution in [0.15, 0.2) is 128 Å². The summed E-state index contributed by atoms with van der Waals surface area (Å²) in [4.78, 5) is 0. The summed E-state index contributed by atoms with van der Waals surface area (Å²) in [6.07, 6.45) is 0.660. The highest BCUT2D eigenvalue weighted by atomic mass is 16.7. The number of ether oxygens (including phenoxy) is 7. The quantitative estimate of drug-likeness (QED) is 0.0837. The third-order valence-electron chi connectivity index (χ3n) is 7.76. The van der Waals surface area contributed by atoms with Gasteiger partial charge in [-0.25, -0.2) is 0 Å². The topological polar surface area (TPSA) is 64.6 Å². The summed E-state index contributed by atoms with van der Waals surface area (Å²) >= 11 is 0. The number of hydrogen-bond acceptors (Lipinski definition) is 7. The van der Waals surface area contributed by atoms with E-state index < -0.39 is 30.7 Å². The highest BCUT2D eigenvalue weighted by Crippen LogP contribution is 2.32. The molecule has 0 aliphatic carbocycles. The van der Waals surface area contributed by atoms with Gasteiger partial charge in [0.1, 0.15) is 42.5 Å². The molecule has 4 aromatic rings. The standard InChI is InChI=1S/C39H44O7/c1-3-4-14-25-41-39-38(45-28-32-19-12-7-13-20-32)37(44-27-31-17-10-6-11-18-31)36(43-26-30-15-8-5-9-16-30)35(46-39)29-42-34-23-21-33(40-2)22-24-34/h3,5-13,15-24,35-39H,1,4,14,25-29H2,2H3/t35-,36+,37+,38-,39-/m1/s1. The van der Waals surface area contributed by atoms with Crippen LogP contribution in [0.2, 0.25) is 0 Å². The maximum Gasteiger partial charge on any atom is 0.186 e. The van der Waals surface area contributed by atoms with E-state index >= 15 is 0 Å². The SMILES string of the molecule is C=CCCCO[C@@H]1O[C@H](COc2ccc(OC)cc2)[C@H](OCc2ccccc2)[C@H](OCc2ccccc2)[C@H]1OCc1ccccc1. The monoisotopic (exact) mass is 624 g/mol. The van der Waals surface area contributed by atoms with Crippen LogP contribution >= 0.6 is 0 Å². The van der Waals surface area contributed by atoms with Crippen LogP contribution in [-0.4, -0.2) is 51.0 Å². The molecule has 0 spiro atoms. The summed E-state index contributed by atoms with van der Waals surface area (Å²) in [6, 6.07) is 37.7. The second kappa shape index (κ2) is 18.2. The van der Waals surface area contributed by atoms with E-state index in [2.05, 4.69) is 6.58 Å². The Morgan fingerprint density at radius 2 is 1.11 bits per heavy atom. The van der Waals surface area contributed by atoms with Crippen molar-refractivity contribution in [1.29, 1.82) is 0 Å². The maximum atomic E-state index is 6.74. The van der Waals surface area contributed by atoms with Crippen molar-refractivity contribution >= 4 is 0 Å². The third kappa shape index (κ3) is 10.0. The Bertz CT molecular complexity index is 1400. The predicted octanol–water partition coefficient (Wildman–Crippen LogP) is 7.54. The fourth-order valence-corrected chi connectivity index (χ4v) is 5.29. The molecule has 1 heterocycles. The van der Waals surface area contributed by atoms with E-state index in [4.69, 9.17) is 33.2 Å². The van der Waals surface area contributed by atoms with Crippen molar-refractivity contribution in [2.75, 3.05) is 20.3 Å². The Hall–Kier alpha value is -3.98. The zero-order valence-electron chi connectivity index (χ0n) is 26.4. The molecule has 0 aromatic heterocycles. The van der Waals surface area contributed by atoms with Crippen LogP contribution in [0, 0.1) is 0 Å². The summed E-state index contributed by atoms with van der Waals surface area (Å²) in [7, 11) is 1.64. The lowest BCUT2D eigenvalue weighted by molar-refractivity contribution is -0.325. The molecular weight excluding hydrogens is 580 g/mol. The first kappa shape index (κ1) is 33.4. The smallest absolute Gasteiger partial charge is 0.186 e. The first-order chi connectivity index (χ1) is 22.7. The average Bonchev–Trinajstić information content (AvgIpc) is 3.12. The molecule has 1 aliphatic rings. The van der Waals surface area contributed by atoms with Gasteiger partial charge >= 0.3 is 0 Å². The first-order valence-corrected chi connectivity index (χ1v) is 15.8. The molecule has 7 heteroatoms. The molecule has 5 atom stereocenters. The lowest BCUT2D eigenvalue weighted by Crippen LogP contribution is -2.62. The van der Waals surface area contributed by atoms with E-state index in [-0.39, 0.29) is 6.61 Å². The fraction of sp³-hybridized carbons (Fsp3) is 0.333. The molecule has 0 unspecified atom stereocenters. The van der Waals surface area contributed by atoms with Crippen LogP contribution in [0.1, 0.15) is 29.5 Å². The van der Waals surface area contributed by atoms with Gasteiger partial charge in [-0.15, -0.1) is 6.58 Å². The van der Waals surface area contributed by atoms with Crippen molar-refractivity contribution in [3.8, 4) is 11.5 Å². The molecule has 1 fully saturated rings. The molecule has 46 heavy (non-hydrogen) atoms. The predicted molar refractivity (Wildman–Crippen MR) is 178 cm³/mol. The highest BCUT2D eigenvalue weighted by molar-refractivity contribution is 5.31. The van der Waals surface area contributed by atoms with Crippen LogP contribution in [-0.2, 0) is 43.5 Å². The van der Waals surface area contributed by atoms with Crippen molar-refractivity contribution in [2.45, 2.75) is 63.4 Å². The van der Waals surface area contributed by atoms with Crippen molar-refractivity contribution in [2.24, 2.45) is 0 Å². The summed E-state index contributed by atoms with van der Waals surface area (Å²) in [5.74, 6) is 1.45. The third-order valence-corrected chi connectivity index (χ3v) is 7.76. The molecular formula is C39H44O7. The molecule has 0 bridgehead atoms. The first-order valence-electron chi connectivity index (χ1n) is 15.8.